The molecule has 0 saturated heterocycles. The highest BCUT2D eigenvalue weighted by Crippen LogP contribution is 2.42. The number of fused-ring (bicyclic) bond motifs is 1. The van der Waals surface area contributed by atoms with Crippen molar-refractivity contribution >= 4 is 30.0 Å². The smallest absolute Gasteiger partial charge is 0.313 e. The van der Waals surface area contributed by atoms with Crippen LogP contribution in [0.3, 0.4) is 0 Å². The first kappa shape index (κ1) is 16.6. The third-order valence-electron chi connectivity index (χ3n) is 4.87. The first-order valence-electron chi connectivity index (χ1n) is 7.60. The van der Waals surface area contributed by atoms with Crippen molar-refractivity contribution in [2.24, 2.45) is 0 Å². The lowest BCUT2D eigenvalue weighted by molar-refractivity contribution is -0.142. The lowest BCUT2D eigenvalue weighted by Crippen LogP contribution is -2.11. The normalized spacial score (nSPS) is 21.5. The van der Waals surface area contributed by atoms with Crippen LogP contribution in [0.1, 0.15) is 67.1 Å². The maximum absolute atomic E-state index is 11.8. The number of hydrogen-bond donors (Lipinski definition) is 0. The number of methoxy groups -OCH3 is 1. The molecule has 2 nitrogen and oxygen atoms in total. The summed E-state index contributed by atoms with van der Waals surface area (Å²) in [7, 11) is 1.46. The summed E-state index contributed by atoms with van der Waals surface area (Å²) in [5.41, 5.74) is 3.68. The van der Waals surface area contributed by atoms with Crippen molar-refractivity contribution < 1.29 is 9.53 Å². The minimum atomic E-state index is -0.134. The van der Waals surface area contributed by atoms with E-state index < -0.39 is 0 Å². The van der Waals surface area contributed by atoms with E-state index in [0.29, 0.717) is 5.92 Å². The van der Waals surface area contributed by atoms with Crippen LogP contribution in [0.25, 0.3) is 0 Å². The molecule has 1 aromatic carbocycles. The van der Waals surface area contributed by atoms with E-state index in [1.807, 2.05) is 6.07 Å². The van der Waals surface area contributed by atoms with Gasteiger partial charge in [0, 0.05) is 5.02 Å². The van der Waals surface area contributed by atoms with Crippen molar-refractivity contribution in [3.8, 4) is 0 Å². The summed E-state index contributed by atoms with van der Waals surface area (Å²) in [6, 6.07) is 4.28. The molecule has 1 aromatic rings. The minimum Gasteiger partial charge on any atom is -0.469 e. The number of benzene rings is 1. The Morgan fingerprint density at radius 2 is 1.86 bits per heavy atom. The Morgan fingerprint density at radius 1 is 1.14 bits per heavy atom. The van der Waals surface area contributed by atoms with Crippen LogP contribution in [0.4, 0.5) is 0 Å². The second-order valence-corrected chi connectivity index (χ2v) is 6.43. The molecule has 0 aliphatic heterocycles. The quantitative estimate of drug-likeness (QED) is 0.713. The van der Waals surface area contributed by atoms with Crippen LogP contribution in [0.5, 0.6) is 0 Å². The van der Waals surface area contributed by atoms with Crippen LogP contribution in [-0.4, -0.2) is 13.1 Å². The Kier molecular flexibility index (Phi) is 5.56. The van der Waals surface area contributed by atoms with Crippen molar-refractivity contribution in [1.82, 2.24) is 0 Å². The van der Waals surface area contributed by atoms with Gasteiger partial charge >= 0.3 is 5.97 Å². The molecule has 0 bridgehead atoms. The van der Waals surface area contributed by atoms with E-state index >= 15 is 0 Å². The van der Waals surface area contributed by atoms with E-state index in [0.717, 1.165) is 23.4 Å². The predicted molar refractivity (Wildman–Crippen MR) is 87.6 cm³/mol. The summed E-state index contributed by atoms with van der Waals surface area (Å²) in [6.07, 6.45) is 8.28. The lowest BCUT2D eigenvalue weighted by atomic mass is 9.83. The van der Waals surface area contributed by atoms with Gasteiger partial charge in [-0.05, 0) is 54.4 Å². The Labute approximate surface area is 137 Å². The van der Waals surface area contributed by atoms with Gasteiger partial charge in [-0.2, -0.15) is 0 Å². The largest absolute Gasteiger partial charge is 0.469 e. The minimum absolute atomic E-state index is 0. The molecular formula is C17H22Cl2O2. The average molecular weight is 329 g/mol. The van der Waals surface area contributed by atoms with Gasteiger partial charge in [0.05, 0.1) is 13.0 Å². The van der Waals surface area contributed by atoms with Gasteiger partial charge in [0.15, 0.2) is 0 Å². The zero-order chi connectivity index (χ0) is 14.1. The van der Waals surface area contributed by atoms with Crippen molar-refractivity contribution in [1.29, 1.82) is 0 Å². The Morgan fingerprint density at radius 3 is 2.52 bits per heavy atom. The van der Waals surface area contributed by atoms with Crippen molar-refractivity contribution in [3.63, 3.8) is 0 Å². The number of aryl methyl sites for hydroxylation is 1. The Bertz CT molecular complexity index is 522. The van der Waals surface area contributed by atoms with Crippen molar-refractivity contribution in [2.45, 2.75) is 56.8 Å². The van der Waals surface area contributed by atoms with Gasteiger partial charge in [-0.25, -0.2) is 0 Å². The van der Waals surface area contributed by atoms with Crippen LogP contribution in [0.15, 0.2) is 12.1 Å². The fourth-order valence-corrected chi connectivity index (χ4v) is 4.09. The Balaban J connectivity index is 0.00000161. The molecule has 0 amide bonds. The molecule has 0 N–H and O–H groups in total. The van der Waals surface area contributed by atoms with Gasteiger partial charge in [-0.3, -0.25) is 4.79 Å². The molecule has 21 heavy (non-hydrogen) atoms. The van der Waals surface area contributed by atoms with Crippen LogP contribution >= 0.6 is 24.0 Å². The molecule has 116 valence electrons. The molecule has 0 radical (unpaired) electrons. The highest BCUT2D eigenvalue weighted by atomic mass is 35.5. The fourth-order valence-electron chi connectivity index (χ4n) is 3.76. The molecule has 0 aromatic heterocycles. The fraction of sp³-hybridized carbons (Fsp3) is 0.588. The molecule has 0 heterocycles. The molecule has 0 spiro atoms. The first-order valence-corrected chi connectivity index (χ1v) is 7.98. The number of hydrogen-bond acceptors (Lipinski definition) is 2. The van der Waals surface area contributed by atoms with Crippen LogP contribution in [0.2, 0.25) is 5.02 Å². The first-order chi connectivity index (χ1) is 9.70. The molecule has 2 aliphatic rings. The van der Waals surface area contributed by atoms with Crippen LogP contribution < -0.4 is 0 Å². The predicted octanol–water partition coefficient (Wildman–Crippen LogP) is 5.01. The molecule has 1 atom stereocenters. The number of ether oxygens (including phenoxy) is 1. The SMILES string of the molecule is COC(=O)C1CCc2cc(C3CCCCC3)c(Cl)cc21.Cl. The van der Waals surface area contributed by atoms with Crippen molar-refractivity contribution in [2.75, 3.05) is 7.11 Å². The molecule has 3 rings (SSSR count). The zero-order valence-electron chi connectivity index (χ0n) is 12.4. The summed E-state index contributed by atoms with van der Waals surface area (Å²) in [5, 5.41) is 0.839. The van der Waals surface area contributed by atoms with Gasteiger partial charge in [0.25, 0.3) is 0 Å². The Hall–Kier alpha value is -0.730. The van der Waals surface area contributed by atoms with Gasteiger partial charge in [-0.15, -0.1) is 12.4 Å². The van der Waals surface area contributed by atoms with E-state index in [-0.39, 0.29) is 24.3 Å². The van der Waals surface area contributed by atoms with E-state index in [9.17, 15) is 4.79 Å². The highest BCUT2D eigenvalue weighted by Gasteiger charge is 2.31. The molecule has 1 saturated carbocycles. The lowest BCUT2D eigenvalue weighted by Gasteiger charge is -2.24. The number of carbonyl (C=O) groups excluding carboxylic acids is 1. The summed E-state index contributed by atoms with van der Waals surface area (Å²) < 4.78 is 4.90. The maximum Gasteiger partial charge on any atom is 0.313 e. The second-order valence-electron chi connectivity index (χ2n) is 6.02. The molecule has 2 aliphatic carbocycles. The number of halogens is 2. The van der Waals surface area contributed by atoms with E-state index in [2.05, 4.69) is 6.07 Å². The molecular weight excluding hydrogens is 307 g/mol. The van der Waals surface area contributed by atoms with E-state index in [1.54, 1.807) is 0 Å². The number of rotatable bonds is 2. The average Bonchev–Trinajstić information content (AvgIpc) is 2.89. The highest BCUT2D eigenvalue weighted by molar-refractivity contribution is 6.31. The number of esters is 1. The van der Waals surface area contributed by atoms with Crippen molar-refractivity contribution in [3.05, 3.63) is 33.8 Å². The van der Waals surface area contributed by atoms with Gasteiger partial charge in [0.2, 0.25) is 0 Å². The summed E-state index contributed by atoms with van der Waals surface area (Å²) in [5.74, 6) is 0.358. The number of carbonyl (C=O) groups is 1. The summed E-state index contributed by atoms with van der Waals surface area (Å²) >= 11 is 6.50. The summed E-state index contributed by atoms with van der Waals surface area (Å²) in [4.78, 5) is 11.8. The zero-order valence-corrected chi connectivity index (χ0v) is 13.9. The van der Waals surface area contributed by atoms with Gasteiger partial charge < -0.3 is 4.74 Å². The maximum atomic E-state index is 11.8. The van der Waals surface area contributed by atoms with E-state index in [4.69, 9.17) is 16.3 Å². The molecule has 1 fully saturated rings. The third-order valence-corrected chi connectivity index (χ3v) is 5.19. The monoisotopic (exact) mass is 328 g/mol. The summed E-state index contributed by atoms with van der Waals surface area (Å²) in [6.45, 7) is 0. The molecule has 4 heteroatoms. The van der Waals surface area contributed by atoms with Crippen LogP contribution in [0, 0.1) is 0 Å². The van der Waals surface area contributed by atoms with E-state index in [1.165, 1.54) is 50.3 Å². The second kappa shape index (κ2) is 7.02. The van der Waals surface area contributed by atoms with Crippen LogP contribution in [-0.2, 0) is 16.0 Å². The molecule has 1 unspecified atom stereocenters. The topological polar surface area (TPSA) is 26.3 Å². The standard InChI is InChI=1S/C17H21ClO2.ClH/c1-20-17(19)13-8-7-12-9-15(16(18)10-14(12)13)11-5-3-2-4-6-11;/h9-11,13H,2-8H2,1H3;1H. The van der Waals surface area contributed by atoms with Gasteiger partial charge in [0.1, 0.15) is 0 Å². The third kappa shape index (κ3) is 3.22. The van der Waals surface area contributed by atoms with Gasteiger partial charge in [-0.1, -0.05) is 36.9 Å².